The molecular formula is C29H26ClF3N4O4S. The van der Waals surface area contributed by atoms with Crippen LogP contribution in [0.25, 0.3) is 10.6 Å². The van der Waals surface area contributed by atoms with Crippen LogP contribution in [0.5, 0.6) is 11.5 Å². The van der Waals surface area contributed by atoms with Gasteiger partial charge >= 0.3 is 6.18 Å². The Labute approximate surface area is 249 Å². The molecule has 0 saturated heterocycles. The number of hydrogen-bond donors (Lipinski definition) is 1. The highest BCUT2D eigenvalue weighted by atomic mass is 35.5. The maximum Gasteiger partial charge on any atom is 0.416 e. The van der Waals surface area contributed by atoms with E-state index in [0.717, 1.165) is 29.0 Å². The third-order valence-corrected chi connectivity index (χ3v) is 7.38. The SMILES string of the molecule is COc1ccc(CCN(CCC(=O)Nc2nnc(-c3ccc(C(F)(F)F)cc3)s2)C(=O)c2ccc(Cl)cc2)cc1OC. The minimum absolute atomic E-state index is 0.0273. The molecular weight excluding hydrogens is 593 g/mol. The fourth-order valence-electron chi connectivity index (χ4n) is 4.00. The van der Waals surface area contributed by atoms with Crippen molar-refractivity contribution in [3.63, 3.8) is 0 Å². The predicted molar refractivity (Wildman–Crippen MR) is 154 cm³/mol. The fraction of sp³-hybridized carbons (Fsp3) is 0.241. The molecule has 220 valence electrons. The van der Waals surface area contributed by atoms with Crippen LogP contribution in [0, 0.1) is 0 Å². The number of benzene rings is 3. The van der Waals surface area contributed by atoms with Gasteiger partial charge < -0.3 is 19.7 Å². The van der Waals surface area contributed by atoms with Crippen molar-refractivity contribution in [2.75, 3.05) is 32.6 Å². The second-order valence-corrected chi connectivity index (χ2v) is 10.4. The lowest BCUT2D eigenvalue weighted by Crippen LogP contribution is -2.35. The predicted octanol–water partition coefficient (Wildman–Crippen LogP) is 6.61. The first-order chi connectivity index (χ1) is 20.1. The minimum Gasteiger partial charge on any atom is -0.493 e. The molecule has 0 radical (unpaired) electrons. The van der Waals surface area contributed by atoms with Gasteiger partial charge in [0.05, 0.1) is 19.8 Å². The zero-order chi connectivity index (χ0) is 30.3. The zero-order valence-electron chi connectivity index (χ0n) is 22.6. The number of rotatable bonds is 11. The smallest absolute Gasteiger partial charge is 0.416 e. The quantitative estimate of drug-likeness (QED) is 0.203. The van der Waals surface area contributed by atoms with E-state index in [-0.39, 0.29) is 24.0 Å². The number of methoxy groups -OCH3 is 2. The molecule has 4 aromatic rings. The number of alkyl halides is 3. The lowest BCUT2D eigenvalue weighted by molar-refractivity contribution is -0.137. The van der Waals surface area contributed by atoms with E-state index in [2.05, 4.69) is 15.5 Å². The molecule has 0 atom stereocenters. The van der Waals surface area contributed by atoms with Crippen LogP contribution >= 0.6 is 22.9 Å². The Bertz CT molecular complexity index is 1530. The van der Waals surface area contributed by atoms with Gasteiger partial charge in [0, 0.05) is 35.7 Å². The Hall–Kier alpha value is -4.16. The summed E-state index contributed by atoms with van der Waals surface area (Å²) in [5.74, 6) is 0.494. The molecule has 0 aliphatic carbocycles. The molecule has 0 unspecified atom stereocenters. The summed E-state index contributed by atoms with van der Waals surface area (Å²) < 4.78 is 49.2. The fourth-order valence-corrected chi connectivity index (χ4v) is 4.89. The molecule has 2 amide bonds. The van der Waals surface area contributed by atoms with Gasteiger partial charge in [-0.3, -0.25) is 9.59 Å². The van der Waals surface area contributed by atoms with E-state index >= 15 is 0 Å². The Kier molecular flexibility index (Phi) is 10.0. The number of carbonyl (C=O) groups excluding carboxylic acids is 2. The molecule has 3 aromatic carbocycles. The van der Waals surface area contributed by atoms with E-state index in [1.165, 1.54) is 12.1 Å². The summed E-state index contributed by atoms with van der Waals surface area (Å²) in [6.45, 7) is 0.437. The molecule has 1 N–H and O–H groups in total. The molecule has 0 spiro atoms. The molecule has 0 aliphatic rings. The second-order valence-electron chi connectivity index (χ2n) is 9.02. The number of carbonyl (C=O) groups is 2. The van der Waals surface area contributed by atoms with Gasteiger partial charge in [0.2, 0.25) is 11.0 Å². The average Bonchev–Trinajstić information content (AvgIpc) is 3.45. The Morgan fingerprint density at radius 1 is 0.929 bits per heavy atom. The summed E-state index contributed by atoms with van der Waals surface area (Å²) in [6, 6.07) is 16.5. The van der Waals surface area contributed by atoms with Gasteiger partial charge in [0.1, 0.15) is 5.01 Å². The minimum atomic E-state index is -4.44. The summed E-state index contributed by atoms with van der Waals surface area (Å²) >= 11 is 7.01. The van der Waals surface area contributed by atoms with Crippen LogP contribution in [0.15, 0.2) is 66.7 Å². The monoisotopic (exact) mass is 618 g/mol. The molecule has 1 heterocycles. The lowest BCUT2D eigenvalue weighted by atomic mass is 10.1. The molecule has 0 aliphatic heterocycles. The highest BCUT2D eigenvalue weighted by molar-refractivity contribution is 7.18. The molecule has 13 heteroatoms. The lowest BCUT2D eigenvalue weighted by Gasteiger charge is -2.23. The summed E-state index contributed by atoms with van der Waals surface area (Å²) in [5.41, 5.74) is 1.01. The zero-order valence-corrected chi connectivity index (χ0v) is 24.1. The normalized spacial score (nSPS) is 11.2. The van der Waals surface area contributed by atoms with Crippen LogP contribution < -0.4 is 14.8 Å². The van der Waals surface area contributed by atoms with E-state index < -0.39 is 17.6 Å². The van der Waals surface area contributed by atoms with Gasteiger partial charge in [-0.25, -0.2) is 0 Å². The van der Waals surface area contributed by atoms with E-state index in [1.807, 2.05) is 12.1 Å². The number of hydrogen-bond acceptors (Lipinski definition) is 7. The van der Waals surface area contributed by atoms with Gasteiger partial charge in [-0.05, 0) is 60.5 Å². The highest BCUT2D eigenvalue weighted by Crippen LogP contribution is 2.32. The number of aromatic nitrogens is 2. The number of anilines is 1. The van der Waals surface area contributed by atoms with Gasteiger partial charge in [0.25, 0.3) is 5.91 Å². The van der Waals surface area contributed by atoms with E-state index in [4.69, 9.17) is 21.1 Å². The van der Waals surface area contributed by atoms with Gasteiger partial charge in [-0.2, -0.15) is 13.2 Å². The standard InChI is InChI=1S/C29H26ClF3N4O4S/c1-40-23-12-3-18(17-24(23)41-2)13-15-37(27(39)20-6-10-22(30)11-7-20)16-14-25(38)34-28-36-35-26(42-28)19-4-8-21(9-5-19)29(31,32)33/h3-12,17H,13-16H2,1-2H3,(H,34,36,38). The summed E-state index contributed by atoms with van der Waals surface area (Å²) in [4.78, 5) is 27.7. The van der Waals surface area contributed by atoms with Crippen molar-refractivity contribution >= 4 is 39.9 Å². The molecule has 1 aromatic heterocycles. The van der Waals surface area contributed by atoms with Crippen molar-refractivity contribution in [2.24, 2.45) is 0 Å². The first kappa shape index (κ1) is 30.8. The van der Waals surface area contributed by atoms with E-state index in [1.54, 1.807) is 49.5 Å². The molecule has 0 fully saturated rings. The number of ether oxygens (including phenoxy) is 2. The number of halogens is 4. The van der Waals surface area contributed by atoms with Crippen LogP contribution in [0.4, 0.5) is 18.3 Å². The molecule has 4 rings (SSSR count). The van der Waals surface area contributed by atoms with Crippen LogP contribution in [-0.2, 0) is 17.4 Å². The third-order valence-electron chi connectivity index (χ3n) is 6.24. The Morgan fingerprint density at radius 3 is 2.26 bits per heavy atom. The molecule has 0 saturated carbocycles. The summed E-state index contributed by atoms with van der Waals surface area (Å²) in [6.07, 6.45) is -3.97. The Balaban J connectivity index is 1.41. The second kappa shape index (κ2) is 13.7. The van der Waals surface area contributed by atoms with Crippen LogP contribution in [0.2, 0.25) is 5.02 Å². The summed E-state index contributed by atoms with van der Waals surface area (Å²) in [5, 5.41) is 11.6. The van der Waals surface area contributed by atoms with Crippen molar-refractivity contribution in [2.45, 2.75) is 19.0 Å². The van der Waals surface area contributed by atoms with Crippen LogP contribution in [0.3, 0.4) is 0 Å². The number of amides is 2. The maximum absolute atomic E-state index is 13.3. The first-order valence-electron chi connectivity index (χ1n) is 12.6. The van der Waals surface area contributed by atoms with E-state index in [9.17, 15) is 22.8 Å². The maximum atomic E-state index is 13.3. The highest BCUT2D eigenvalue weighted by Gasteiger charge is 2.30. The first-order valence-corrected chi connectivity index (χ1v) is 13.8. The number of nitrogens with zero attached hydrogens (tertiary/aromatic N) is 3. The molecule has 0 bridgehead atoms. The number of nitrogens with one attached hydrogen (secondary N) is 1. The Morgan fingerprint density at radius 2 is 1.62 bits per heavy atom. The summed E-state index contributed by atoms with van der Waals surface area (Å²) in [7, 11) is 3.09. The van der Waals surface area contributed by atoms with Crippen molar-refractivity contribution < 1.29 is 32.2 Å². The third kappa shape index (κ3) is 7.98. The molecule has 8 nitrogen and oxygen atoms in total. The van der Waals surface area contributed by atoms with Gasteiger partial charge in [-0.15, -0.1) is 10.2 Å². The van der Waals surface area contributed by atoms with Crippen molar-refractivity contribution in [1.82, 2.24) is 15.1 Å². The largest absolute Gasteiger partial charge is 0.493 e. The van der Waals surface area contributed by atoms with Crippen molar-refractivity contribution in [1.29, 1.82) is 0 Å². The average molecular weight is 619 g/mol. The van der Waals surface area contributed by atoms with Crippen molar-refractivity contribution in [3.05, 3.63) is 88.4 Å². The van der Waals surface area contributed by atoms with E-state index in [0.29, 0.717) is 45.6 Å². The van der Waals surface area contributed by atoms with Gasteiger partial charge in [-0.1, -0.05) is 41.1 Å². The van der Waals surface area contributed by atoms with Crippen molar-refractivity contribution in [3.8, 4) is 22.1 Å². The topological polar surface area (TPSA) is 93.6 Å². The van der Waals surface area contributed by atoms with Crippen LogP contribution in [0.1, 0.15) is 27.9 Å². The molecule has 42 heavy (non-hydrogen) atoms. The van der Waals surface area contributed by atoms with Gasteiger partial charge in [0.15, 0.2) is 11.5 Å². The van der Waals surface area contributed by atoms with Crippen LogP contribution in [-0.4, -0.2) is 54.2 Å².